The van der Waals surface area contributed by atoms with Crippen LogP contribution in [0.1, 0.15) is 11.3 Å². The van der Waals surface area contributed by atoms with Crippen molar-refractivity contribution in [3.8, 4) is 0 Å². The van der Waals surface area contributed by atoms with Crippen LogP contribution in [0.5, 0.6) is 0 Å². The number of likely N-dealkylation sites (N-methyl/N-ethyl adjacent to an activating group) is 1. The summed E-state index contributed by atoms with van der Waals surface area (Å²) in [6.45, 7) is -0.157. The molecule has 0 radical (unpaired) electrons. The fourth-order valence-electron chi connectivity index (χ4n) is 3.59. The molecule has 3 amide bonds. The number of hydrogen-bond donors (Lipinski definition) is 3. The van der Waals surface area contributed by atoms with Crippen LogP contribution in [-0.4, -0.2) is 51.7 Å². The highest BCUT2D eigenvalue weighted by molar-refractivity contribution is 6.31. The van der Waals surface area contributed by atoms with E-state index in [1.165, 1.54) is 47.8 Å². The van der Waals surface area contributed by atoms with E-state index in [2.05, 4.69) is 25.6 Å². The predicted octanol–water partition coefficient (Wildman–Crippen LogP) is 4.89. The van der Waals surface area contributed by atoms with E-state index >= 15 is 0 Å². The van der Waals surface area contributed by atoms with Crippen molar-refractivity contribution in [3.05, 3.63) is 89.1 Å². The van der Waals surface area contributed by atoms with Gasteiger partial charge in [-0.2, -0.15) is 0 Å². The summed E-state index contributed by atoms with van der Waals surface area (Å²) in [7, 11) is 1.54. The van der Waals surface area contributed by atoms with Gasteiger partial charge in [0.1, 0.15) is 24.1 Å². The Morgan fingerprint density at radius 3 is 2.78 bits per heavy atom. The van der Waals surface area contributed by atoms with Crippen molar-refractivity contribution in [2.45, 2.75) is 19.0 Å². The van der Waals surface area contributed by atoms with Crippen LogP contribution in [0.25, 0.3) is 10.8 Å². The lowest BCUT2D eigenvalue weighted by Crippen LogP contribution is -2.47. The molecule has 1 atom stereocenters. The fourth-order valence-corrected chi connectivity index (χ4v) is 3.78. The zero-order valence-electron chi connectivity index (χ0n) is 19.7. The number of carbonyl (C=O) groups excluding carboxylic acids is 2. The molecule has 0 aliphatic heterocycles. The Labute approximate surface area is 215 Å². The summed E-state index contributed by atoms with van der Waals surface area (Å²) in [6, 6.07) is 9.03. The largest absolute Gasteiger partial charge is 0.447 e. The van der Waals surface area contributed by atoms with Gasteiger partial charge in [-0.05, 0) is 41.3 Å². The molecule has 192 valence electrons. The molecule has 0 aliphatic carbocycles. The Kier molecular flexibility index (Phi) is 8.14. The quantitative estimate of drug-likeness (QED) is 0.301. The number of carbonyl (C=O) groups is 2. The van der Waals surface area contributed by atoms with Gasteiger partial charge in [0.05, 0.1) is 23.1 Å². The van der Waals surface area contributed by atoms with E-state index in [0.717, 1.165) is 0 Å². The number of fused-ring (bicyclic) bond motifs is 1. The standard InChI is InChI=1S/C25H23ClF2N6O3/c1-34(24(35)31-11-16-3-2-4-21(28)23(16)26)20(9-19-12-29-14-32-19)13-37-25(36)33-22-8-17-7-18(27)6-5-15(17)10-30-22/h2-8,10,12,14,20H,9,11,13H2,1H3,(H,29,32)(H,31,35)(H,30,33,36). The van der Waals surface area contributed by atoms with Crippen molar-refractivity contribution < 1.29 is 23.1 Å². The summed E-state index contributed by atoms with van der Waals surface area (Å²) in [6.07, 6.45) is 4.17. The van der Waals surface area contributed by atoms with Crippen LogP contribution in [0.3, 0.4) is 0 Å². The number of hydrogen-bond acceptors (Lipinski definition) is 5. The van der Waals surface area contributed by atoms with E-state index in [4.69, 9.17) is 16.3 Å². The zero-order valence-corrected chi connectivity index (χ0v) is 20.4. The van der Waals surface area contributed by atoms with Crippen LogP contribution < -0.4 is 10.6 Å². The average Bonchev–Trinajstić information content (AvgIpc) is 3.40. The van der Waals surface area contributed by atoms with Gasteiger partial charge in [-0.25, -0.2) is 28.3 Å². The van der Waals surface area contributed by atoms with E-state index in [0.29, 0.717) is 22.0 Å². The zero-order chi connectivity index (χ0) is 26.4. The molecule has 2 heterocycles. The number of pyridine rings is 1. The van der Waals surface area contributed by atoms with Crippen molar-refractivity contribution in [1.29, 1.82) is 0 Å². The summed E-state index contributed by atoms with van der Waals surface area (Å²) >= 11 is 5.96. The van der Waals surface area contributed by atoms with Gasteiger partial charge in [0.15, 0.2) is 0 Å². The van der Waals surface area contributed by atoms with Crippen LogP contribution in [0.2, 0.25) is 5.02 Å². The van der Waals surface area contributed by atoms with E-state index < -0.39 is 29.8 Å². The van der Waals surface area contributed by atoms with E-state index in [1.807, 2.05) is 0 Å². The topological polar surface area (TPSA) is 112 Å². The highest BCUT2D eigenvalue weighted by atomic mass is 35.5. The summed E-state index contributed by atoms with van der Waals surface area (Å²) in [4.78, 5) is 37.8. The highest BCUT2D eigenvalue weighted by Crippen LogP contribution is 2.20. The molecule has 12 heteroatoms. The average molecular weight is 529 g/mol. The van der Waals surface area contributed by atoms with Crippen molar-refractivity contribution in [3.63, 3.8) is 0 Å². The number of nitrogens with zero attached hydrogens (tertiary/aromatic N) is 3. The summed E-state index contributed by atoms with van der Waals surface area (Å²) in [5.41, 5.74) is 1.07. The van der Waals surface area contributed by atoms with Crippen LogP contribution in [0.15, 0.2) is 61.2 Å². The predicted molar refractivity (Wildman–Crippen MR) is 134 cm³/mol. The third-order valence-corrected chi connectivity index (χ3v) is 6.07. The molecular weight excluding hydrogens is 506 g/mol. The number of benzene rings is 2. The maximum atomic E-state index is 13.7. The molecule has 0 saturated heterocycles. The molecule has 0 bridgehead atoms. The second kappa shape index (κ2) is 11.7. The number of ether oxygens (including phenoxy) is 1. The number of amides is 3. The van der Waals surface area contributed by atoms with Gasteiger partial charge < -0.3 is 19.9 Å². The lowest BCUT2D eigenvalue weighted by molar-refractivity contribution is 0.116. The molecule has 4 rings (SSSR count). The third kappa shape index (κ3) is 6.70. The van der Waals surface area contributed by atoms with E-state index in [-0.39, 0.29) is 30.4 Å². The van der Waals surface area contributed by atoms with Gasteiger partial charge >= 0.3 is 12.1 Å². The number of halogens is 3. The van der Waals surface area contributed by atoms with Crippen LogP contribution in [0.4, 0.5) is 24.2 Å². The third-order valence-electron chi connectivity index (χ3n) is 5.65. The van der Waals surface area contributed by atoms with Gasteiger partial charge in [0, 0.05) is 37.8 Å². The first kappa shape index (κ1) is 25.8. The Bertz CT molecular complexity index is 1400. The van der Waals surface area contributed by atoms with Crippen LogP contribution >= 0.6 is 11.6 Å². The lowest BCUT2D eigenvalue weighted by atomic mass is 10.1. The van der Waals surface area contributed by atoms with Gasteiger partial charge in [-0.15, -0.1) is 0 Å². The first-order chi connectivity index (χ1) is 17.8. The lowest BCUT2D eigenvalue weighted by Gasteiger charge is -2.27. The molecule has 1 unspecified atom stereocenters. The molecule has 4 aromatic rings. The Morgan fingerprint density at radius 1 is 1.16 bits per heavy atom. The minimum Gasteiger partial charge on any atom is -0.447 e. The molecule has 3 N–H and O–H groups in total. The van der Waals surface area contributed by atoms with Crippen LogP contribution in [-0.2, 0) is 17.7 Å². The molecule has 2 aromatic heterocycles. The van der Waals surface area contributed by atoms with Crippen LogP contribution in [0, 0.1) is 11.6 Å². The first-order valence-corrected chi connectivity index (χ1v) is 11.6. The second-order valence-electron chi connectivity index (χ2n) is 8.19. The fraction of sp³-hybridized carbons (Fsp3) is 0.200. The Hall–Kier alpha value is -4.25. The Morgan fingerprint density at radius 2 is 2.00 bits per heavy atom. The SMILES string of the molecule is CN(C(=O)NCc1cccc(F)c1Cl)C(COC(=O)Nc1cc2cc(F)ccc2cn1)Cc1c[nH]cn1. The Balaban J connectivity index is 1.38. The summed E-state index contributed by atoms with van der Waals surface area (Å²) in [5.74, 6) is -0.803. The van der Waals surface area contributed by atoms with Gasteiger partial charge in [0.2, 0.25) is 0 Å². The molecule has 0 aliphatic rings. The van der Waals surface area contributed by atoms with Gasteiger partial charge in [-0.1, -0.05) is 23.7 Å². The van der Waals surface area contributed by atoms with Crippen molar-refractivity contribution in [2.75, 3.05) is 19.0 Å². The first-order valence-electron chi connectivity index (χ1n) is 11.2. The van der Waals surface area contributed by atoms with Gasteiger partial charge in [0.25, 0.3) is 0 Å². The second-order valence-corrected chi connectivity index (χ2v) is 8.56. The van der Waals surface area contributed by atoms with E-state index in [1.54, 1.807) is 25.4 Å². The van der Waals surface area contributed by atoms with E-state index in [9.17, 15) is 18.4 Å². The molecule has 0 spiro atoms. The van der Waals surface area contributed by atoms with Crippen molar-refractivity contribution in [1.82, 2.24) is 25.2 Å². The number of urea groups is 1. The smallest absolute Gasteiger partial charge is 0.412 e. The van der Waals surface area contributed by atoms with Crippen molar-refractivity contribution in [2.24, 2.45) is 0 Å². The highest BCUT2D eigenvalue weighted by Gasteiger charge is 2.23. The molecule has 2 aromatic carbocycles. The number of anilines is 1. The number of imidazole rings is 1. The molecule has 9 nitrogen and oxygen atoms in total. The summed E-state index contributed by atoms with van der Waals surface area (Å²) in [5, 5.41) is 6.41. The maximum absolute atomic E-state index is 13.7. The molecular formula is C25H23ClF2N6O3. The summed E-state index contributed by atoms with van der Waals surface area (Å²) < 4.78 is 32.6. The molecule has 0 saturated carbocycles. The molecule has 37 heavy (non-hydrogen) atoms. The maximum Gasteiger partial charge on any atom is 0.412 e. The van der Waals surface area contributed by atoms with Crippen molar-refractivity contribution >= 4 is 40.3 Å². The van der Waals surface area contributed by atoms with Gasteiger partial charge in [-0.3, -0.25) is 5.32 Å². The normalized spacial score (nSPS) is 11.7. The minimum atomic E-state index is -0.796. The number of nitrogens with one attached hydrogen (secondary N) is 3. The number of rotatable bonds is 8. The minimum absolute atomic E-state index is 0.00443. The number of H-pyrrole nitrogens is 1. The number of aromatic nitrogens is 3. The molecule has 0 fully saturated rings. The number of aromatic amines is 1. The monoisotopic (exact) mass is 528 g/mol.